The number of ether oxygens (including phenoxy) is 1. The Labute approximate surface area is 158 Å². The summed E-state index contributed by atoms with van der Waals surface area (Å²) in [7, 11) is 0. The highest BCUT2D eigenvalue weighted by atomic mass is 19.4. The number of fused-ring (bicyclic) bond motifs is 1. The summed E-state index contributed by atoms with van der Waals surface area (Å²) in [6.07, 6.45) is -3.07. The van der Waals surface area contributed by atoms with Crippen molar-refractivity contribution in [2.24, 2.45) is 11.1 Å². The van der Waals surface area contributed by atoms with Crippen LogP contribution in [0.25, 0.3) is 22.4 Å². The Morgan fingerprint density at radius 3 is 2.63 bits per heavy atom. The lowest BCUT2D eigenvalue weighted by Gasteiger charge is -2.26. The van der Waals surface area contributed by atoms with Crippen molar-refractivity contribution in [2.75, 3.05) is 6.61 Å². The van der Waals surface area contributed by atoms with Crippen LogP contribution in [0.1, 0.15) is 30.6 Å². The van der Waals surface area contributed by atoms with Crippen LogP contribution in [-0.4, -0.2) is 32.8 Å². The van der Waals surface area contributed by atoms with E-state index in [0.29, 0.717) is 11.0 Å². The highest BCUT2D eigenvalue weighted by molar-refractivity contribution is 5.90. The molecule has 0 amide bonds. The fraction of sp³-hybridized carbons (Fsp3) is 0.389. The van der Waals surface area contributed by atoms with E-state index >= 15 is 0 Å². The van der Waals surface area contributed by atoms with E-state index in [1.165, 1.54) is 12.3 Å². The molecule has 0 saturated heterocycles. The number of H-pyrrole nitrogens is 1. The Bertz CT molecular complexity index is 960. The smallest absolute Gasteiger partial charge is 0.418 e. The van der Waals surface area contributed by atoms with E-state index in [0.717, 1.165) is 6.07 Å². The zero-order valence-electron chi connectivity index (χ0n) is 15.1. The molecule has 0 aliphatic heterocycles. The topological polar surface area (TPSA) is 89.7 Å². The third kappa shape index (κ3) is 4.02. The Morgan fingerprint density at radius 1 is 1.22 bits per heavy atom. The monoisotopic (exact) mass is 385 g/mol. The van der Waals surface area contributed by atoms with Crippen molar-refractivity contribution in [3.8, 4) is 17.3 Å². The quantitative estimate of drug-likeness (QED) is 0.689. The summed E-state index contributed by atoms with van der Waals surface area (Å²) in [6.45, 7) is 6.00. The van der Waals surface area contributed by atoms with Gasteiger partial charge >= 0.3 is 6.18 Å². The van der Waals surface area contributed by atoms with Gasteiger partial charge in [-0.3, -0.25) is 5.10 Å². The van der Waals surface area contributed by atoms with Crippen LogP contribution in [-0.2, 0) is 6.18 Å². The second-order valence-corrected chi connectivity index (χ2v) is 7.30. The third-order valence-electron chi connectivity index (χ3n) is 4.26. The molecular weight excluding hydrogens is 359 g/mol. The van der Waals surface area contributed by atoms with Crippen LogP contribution in [0.15, 0.2) is 30.5 Å². The fourth-order valence-corrected chi connectivity index (χ4v) is 2.40. The van der Waals surface area contributed by atoms with E-state index in [2.05, 4.69) is 20.2 Å². The Morgan fingerprint density at radius 2 is 1.96 bits per heavy atom. The minimum Gasteiger partial charge on any atom is -0.476 e. The molecule has 3 aromatic heterocycles. The van der Waals surface area contributed by atoms with Gasteiger partial charge in [-0.1, -0.05) is 20.8 Å². The number of nitrogens with one attached hydrogen (secondary N) is 1. The van der Waals surface area contributed by atoms with Crippen molar-refractivity contribution < 1.29 is 22.2 Å². The van der Waals surface area contributed by atoms with Crippen LogP contribution in [0.3, 0.4) is 0 Å². The number of nitrogens with zero attached hydrogens (tertiary/aromatic N) is 3. The number of pyridine rings is 2. The summed E-state index contributed by atoms with van der Waals surface area (Å²) in [5, 5.41) is 7.00. The average Bonchev–Trinajstić information content (AvgIpc) is 3.01. The van der Waals surface area contributed by atoms with Gasteiger partial charge in [0, 0.05) is 28.0 Å². The van der Waals surface area contributed by atoms with Gasteiger partial charge in [0.2, 0.25) is 5.88 Å². The molecule has 9 heteroatoms. The van der Waals surface area contributed by atoms with Crippen molar-refractivity contribution >= 4 is 11.0 Å². The fourth-order valence-electron chi connectivity index (χ4n) is 2.40. The van der Waals surface area contributed by atoms with E-state index in [9.17, 15) is 13.2 Å². The van der Waals surface area contributed by atoms with Gasteiger partial charge in [0.05, 0.1) is 11.3 Å². The number of halogens is 3. The van der Waals surface area contributed by atoms with Gasteiger partial charge < -0.3 is 10.5 Å². The van der Waals surface area contributed by atoms with Gasteiger partial charge in [-0.2, -0.15) is 18.3 Å². The summed E-state index contributed by atoms with van der Waals surface area (Å²) in [4.78, 5) is 8.12. The standard InChI is InChI=1S/C18H20F3N5O.3H2/c1-17(2,3)12(22)9-27-13-7-6-11(18(19,20)21)15(24-13)14-10-5-4-8-23-16(10)26-25-14;;;/h4-8,12H,9,22H2,1-3H3,(H,23,25,26);3*1H/t12-;;;/m1.../s1. The number of aromatic nitrogens is 4. The minimum atomic E-state index is -4.58. The van der Waals surface area contributed by atoms with Crippen LogP contribution < -0.4 is 10.5 Å². The molecular formula is C18H26F3N5O. The molecule has 0 aliphatic carbocycles. The maximum Gasteiger partial charge on any atom is 0.418 e. The first-order valence-electron chi connectivity index (χ1n) is 8.33. The lowest BCUT2D eigenvalue weighted by Crippen LogP contribution is -2.40. The van der Waals surface area contributed by atoms with E-state index in [4.69, 9.17) is 10.5 Å². The first-order valence-corrected chi connectivity index (χ1v) is 8.33. The molecule has 3 N–H and O–H groups in total. The lowest BCUT2D eigenvalue weighted by molar-refractivity contribution is -0.137. The average molecular weight is 385 g/mol. The molecule has 150 valence electrons. The highest BCUT2D eigenvalue weighted by Crippen LogP contribution is 2.38. The summed E-state index contributed by atoms with van der Waals surface area (Å²) in [5.41, 5.74) is 5.11. The number of nitrogens with two attached hydrogens (primary N) is 1. The number of hydrogen-bond donors (Lipinski definition) is 2. The number of aromatic amines is 1. The van der Waals surface area contributed by atoms with Crippen molar-refractivity contribution in [1.82, 2.24) is 20.2 Å². The normalized spacial score (nSPS) is 13.7. The van der Waals surface area contributed by atoms with Crippen LogP contribution in [0.4, 0.5) is 13.2 Å². The summed E-state index contributed by atoms with van der Waals surface area (Å²) >= 11 is 0. The maximum atomic E-state index is 13.5. The van der Waals surface area contributed by atoms with Gasteiger partial charge in [0.25, 0.3) is 0 Å². The molecule has 6 nitrogen and oxygen atoms in total. The zero-order valence-corrected chi connectivity index (χ0v) is 15.1. The Balaban J connectivity index is 0.00000280. The van der Waals surface area contributed by atoms with Gasteiger partial charge in [0.15, 0.2) is 5.65 Å². The molecule has 3 aromatic rings. The van der Waals surface area contributed by atoms with Crippen LogP contribution in [0.2, 0.25) is 0 Å². The lowest BCUT2D eigenvalue weighted by atomic mass is 9.88. The molecule has 0 spiro atoms. The minimum absolute atomic E-state index is 0. The van der Waals surface area contributed by atoms with Gasteiger partial charge in [-0.05, 0) is 23.6 Å². The van der Waals surface area contributed by atoms with E-state index in [1.807, 2.05) is 20.8 Å². The molecule has 1 atom stereocenters. The predicted molar refractivity (Wildman–Crippen MR) is 101 cm³/mol. The zero-order chi connectivity index (χ0) is 19.8. The largest absolute Gasteiger partial charge is 0.476 e. The van der Waals surface area contributed by atoms with Crippen molar-refractivity contribution in [2.45, 2.75) is 33.0 Å². The maximum absolute atomic E-state index is 13.5. The second kappa shape index (κ2) is 6.80. The van der Waals surface area contributed by atoms with Crippen molar-refractivity contribution in [3.05, 3.63) is 36.0 Å². The Kier molecular flexibility index (Phi) is 4.81. The number of alkyl halides is 3. The SMILES string of the molecule is CC(C)(C)[C@H](N)COc1ccc(C(F)(F)F)c(-c2[nH]nc3ncccc23)n1.[HH].[HH].[HH]. The molecule has 3 heterocycles. The van der Waals surface area contributed by atoms with Crippen LogP contribution >= 0.6 is 0 Å². The first kappa shape index (κ1) is 19.1. The molecule has 0 fully saturated rings. The van der Waals surface area contributed by atoms with Crippen LogP contribution in [0, 0.1) is 5.41 Å². The van der Waals surface area contributed by atoms with Gasteiger partial charge in [-0.15, -0.1) is 0 Å². The molecule has 0 aliphatic rings. The van der Waals surface area contributed by atoms with Crippen molar-refractivity contribution in [3.63, 3.8) is 0 Å². The second-order valence-electron chi connectivity index (χ2n) is 7.30. The molecule has 27 heavy (non-hydrogen) atoms. The van der Waals surface area contributed by atoms with Crippen molar-refractivity contribution in [1.29, 1.82) is 0 Å². The molecule has 0 unspecified atom stereocenters. The summed E-state index contributed by atoms with van der Waals surface area (Å²) < 4.78 is 46.0. The van der Waals surface area contributed by atoms with E-state index in [1.54, 1.807) is 12.1 Å². The summed E-state index contributed by atoms with van der Waals surface area (Å²) in [5.74, 6) is 0.0596. The van der Waals surface area contributed by atoms with E-state index in [-0.39, 0.29) is 39.6 Å². The molecule has 0 saturated carbocycles. The van der Waals surface area contributed by atoms with Gasteiger partial charge in [0.1, 0.15) is 12.3 Å². The first-order chi connectivity index (χ1) is 12.6. The number of rotatable bonds is 4. The van der Waals surface area contributed by atoms with Gasteiger partial charge in [-0.25, -0.2) is 9.97 Å². The Hall–Kier alpha value is -2.68. The third-order valence-corrected chi connectivity index (χ3v) is 4.26. The predicted octanol–water partition coefficient (Wildman–Crippen LogP) is 4.53. The molecule has 0 aromatic carbocycles. The van der Waals surface area contributed by atoms with Crippen LogP contribution in [0.5, 0.6) is 5.88 Å². The highest BCUT2D eigenvalue weighted by Gasteiger charge is 2.36. The number of hydrogen-bond acceptors (Lipinski definition) is 5. The molecule has 0 bridgehead atoms. The van der Waals surface area contributed by atoms with E-state index < -0.39 is 11.7 Å². The summed E-state index contributed by atoms with van der Waals surface area (Å²) in [6, 6.07) is 5.09. The molecule has 0 radical (unpaired) electrons. The molecule has 3 rings (SSSR count).